The van der Waals surface area contributed by atoms with Gasteiger partial charge in [0.05, 0.1) is 9.92 Å². The van der Waals surface area contributed by atoms with E-state index >= 15 is 0 Å². The van der Waals surface area contributed by atoms with Crippen molar-refractivity contribution in [2.24, 2.45) is 0 Å². The van der Waals surface area contributed by atoms with Crippen molar-refractivity contribution < 1.29 is 17.9 Å². The van der Waals surface area contributed by atoms with Gasteiger partial charge in [0.15, 0.2) is 11.2 Å². The van der Waals surface area contributed by atoms with Gasteiger partial charge in [0.25, 0.3) is 15.9 Å². The molecule has 1 aliphatic heterocycles. The molecule has 0 aliphatic carbocycles. The van der Waals surface area contributed by atoms with E-state index in [9.17, 15) is 13.2 Å². The molecular weight excluding hydrogens is 446 g/mol. The van der Waals surface area contributed by atoms with E-state index in [1.54, 1.807) is 34.5 Å². The first-order valence-corrected chi connectivity index (χ1v) is 11.8. The van der Waals surface area contributed by atoms with E-state index in [1.807, 2.05) is 13.0 Å². The molecule has 0 spiro atoms. The number of hydrogen-bond acceptors (Lipinski definition) is 6. The highest BCUT2D eigenvalue weighted by Gasteiger charge is 2.34. The second-order valence-electron chi connectivity index (χ2n) is 6.76. The number of amides is 1. The van der Waals surface area contributed by atoms with Gasteiger partial charge in [0, 0.05) is 30.2 Å². The first kappa shape index (κ1) is 20.6. The van der Waals surface area contributed by atoms with Crippen molar-refractivity contribution in [3.63, 3.8) is 0 Å². The molecule has 1 amide bonds. The van der Waals surface area contributed by atoms with Crippen LogP contribution < -0.4 is 14.4 Å². The highest BCUT2D eigenvalue weighted by molar-refractivity contribution is 7.93. The van der Waals surface area contributed by atoms with E-state index in [0.29, 0.717) is 34.6 Å². The summed E-state index contributed by atoms with van der Waals surface area (Å²) in [5.74, 6) is 0.278. The molecule has 1 fully saturated rings. The maximum atomic E-state index is 12.8. The molecule has 2 aromatic carbocycles. The second kappa shape index (κ2) is 8.25. The highest BCUT2D eigenvalue weighted by atomic mass is 35.5. The summed E-state index contributed by atoms with van der Waals surface area (Å²) < 4.78 is 33.1. The van der Waals surface area contributed by atoms with Gasteiger partial charge in [0.1, 0.15) is 5.75 Å². The molecule has 0 saturated carbocycles. The maximum Gasteiger partial charge on any atom is 0.268 e. The largest absolute Gasteiger partial charge is 0.479 e. The van der Waals surface area contributed by atoms with Crippen LogP contribution in [0.2, 0.25) is 5.02 Å². The Kier molecular flexibility index (Phi) is 5.68. The number of sulfonamides is 1. The molecule has 0 bridgehead atoms. The Balaban J connectivity index is 1.46. The molecule has 1 aliphatic rings. The number of carbonyl (C=O) groups excluding carboxylic acids is 1. The Labute approximate surface area is 183 Å². The number of aromatic nitrogens is 1. The van der Waals surface area contributed by atoms with Crippen LogP contribution in [-0.2, 0) is 14.8 Å². The normalized spacial score (nSPS) is 16.7. The van der Waals surface area contributed by atoms with Crippen molar-refractivity contribution in [1.29, 1.82) is 0 Å². The van der Waals surface area contributed by atoms with Crippen molar-refractivity contribution in [2.75, 3.05) is 16.2 Å². The number of nitrogens with zero attached hydrogens (tertiary/aromatic N) is 2. The van der Waals surface area contributed by atoms with Gasteiger partial charge in [-0.3, -0.25) is 9.52 Å². The number of benzene rings is 2. The first-order valence-electron chi connectivity index (χ1n) is 9.10. The molecule has 156 valence electrons. The Hall–Kier alpha value is -2.62. The molecule has 3 aromatic rings. The van der Waals surface area contributed by atoms with E-state index in [0.717, 1.165) is 5.56 Å². The van der Waals surface area contributed by atoms with E-state index in [4.69, 9.17) is 16.3 Å². The number of carbonyl (C=O) groups is 1. The van der Waals surface area contributed by atoms with Gasteiger partial charge in [-0.1, -0.05) is 17.7 Å². The van der Waals surface area contributed by atoms with Crippen LogP contribution in [-0.4, -0.2) is 32.0 Å². The molecule has 0 radical (unpaired) electrons. The molecule has 10 heteroatoms. The van der Waals surface area contributed by atoms with Gasteiger partial charge in [-0.05, 0) is 48.9 Å². The molecule has 2 heterocycles. The summed E-state index contributed by atoms with van der Waals surface area (Å²) in [5, 5.41) is 2.44. The van der Waals surface area contributed by atoms with Crippen molar-refractivity contribution >= 4 is 49.7 Å². The highest BCUT2D eigenvalue weighted by Crippen LogP contribution is 2.30. The average molecular weight is 464 g/mol. The summed E-state index contributed by atoms with van der Waals surface area (Å²) in [6.07, 6.45) is 1.39. The lowest BCUT2D eigenvalue weighted by Gasteiger charge is -2.18. The van der Waals surface area contributed by atoms with Crippen LogP contribution in [0.4, 0.5) is 10.8 Å². The predicted molar refractivity (Wildman–Crippen MR) is 117 cm³/mol. The number of ether oxygens (including phenoxy) is 1. The minimum absolute atomic E-state index is 0.0901. The van der Waals surface area contributed by atoms with Crippen molar-refractivity contribution in [3.8, 4) is 5.75 Å². The van der Waals surface area contributed by atoms with Crippen LogP contribution in [0.1, 0.15) is 12.0 Å². The Bertz CT molecular complexity index is 1170. The van der Waals surface area contributed by atoms with Gasteiger partial charge in [-0.15, -0.1) is 11.3 Å². The fourth-order valence-electron chi connectivity index (χ4n) is 3.13. The zero-order chi connectivity index (χ0) is 21.3. The zero-order valence-corrected chi connectivity index (χ0v) is 18.3. The van der Waals surface area contributed by atoms with Gasteiger partial charge in [-0.25, -0.2) is 13.4 Å². The van der Waals surface area contributed by atoms with Crippen LogP contribution in [0.15, 0.2) is 58.9 Å². The molecule has 1 saturated heterocycles. The van der Waals surface area contributed by atoms with Crippen LogP contribution in [0, 0.1) is 6.92 Å². The SMILES string of the molecule is Cc1ccc(OC2CCN(c3ccc(S(=O)(=O)Nc4nccs4)cc3)C2=O)c(Cl)c1. The average Bonchev–Trinajstić information content (AvgIpc) is 3.34. The summed E-state index contributed by atoms with van der Waals surface area (Å²) in [4.78, 5) is 18.4. The molecule has 7 nitrogen and oxygen atoms in total. The summed E-state index contributed by atoms with van der Waals surface area (Å²) >= 11 is 7.40. The minimum atomic E-state index is -3.74. The summed E-state index contributed by atoms with van der Waals surface area (Å²) in [7, 11) is -3.74. The van der Waals surface area contributed by atoms with Crippen LogP contribution >= 0.6 is 22.9 Å². The number of aryl methyl sites for hydroxylation is 1. The third-order valence-electron chi connectivity index (χ3n) is 4.63. The monoisotopic (exact) mass is 463 g/mol. The molecule has 1 unspecified atom stereocenters. The lowest BCUT2D eigenvalue weighted by atomic mass is 10.2. The van der Waals surface area contributed by atoms with E-state index < -0.39 is 16.1 Å². The Morgan fingerprint density at radius 3 is 2.67 bits per heavy atom. The number of thiazole rings is 1. The number of rotatable bonds is 6. The number of nitrogens with one attached hydrogen (secondary N) is 1. The van der Waals surface area contributed by atoms with E-state index in [2.05, 4.69) is 9.71 Å². The number of anilines is 2. The first-order chi connectivity index (χ1) is 14.3. The van der Waals surface area contributed by atoms with Crippen LogP contribution in [0.5, 0.6) is 5.75 Å². The van der Waals surface area contributed by atoms with Gasteiger partial charge in [-0.2, -0.15) is 0 Å². The summed E-state index contributed by atoms with van der Waals surface area (Å²) in [6, 6.07) is 11.5. The standard InChI is InChI=1S/C20H18ClN3O4S2/c1-13-2-7-17(16(21)12-13)28-18-8-10-24(19(18)25)14-3-5-15(6-4-14)30(26,27)23-20-22-9-11-29-20/h2-7,9,11-12,18H,8,10H2,1H3,(H,22,23). The molecule has 1 aromatic heterocycles. The second-order valence-corrected chi connectivity index (χ2v) is 9.74. The Morgan fingerprint density at radius 1 is 1.23 bits per heavy atom. The smallest absolute Gasteiger partial charge is 0.268 e. The maximum absolute atomic E-state index is 12.8. The van der Waals surface area contributed by atoms with Crippen molar-refractivity contribution in [3.05, 3.63) is 64.6 Å². The topological polar surface area (TPSA) is 88.6 Å². The van der Waals surface area contributed by atoms with Crippen molar-refractivity contribution in [2.45, 2.75) is 24.3 Å². The summed E-state index contributed by atoms with van der Waals surface area (Å²) in [5.41, 5.74) is 1.61. The third kappa shape index (κ3) is 4.28. The number of hydrogen-bond donors (Lipinski definition) is 1. The number of halogens is 1. The fraction of sp³-hybridized carbons (Fsp3) is 0.200. The van der Waals surface area contributed by atoms with E-state index in [1.165, 1.54) is 29.7 Å². The molecule has 4 rings (SSSR count). The lowest BCUT2D eigenvalue weighted by Crippen LogP contribution is -2.32. The summed E-state index contributed by atoms with van der Waals surface area (Å²) in [6.45, 7) is 2.39. The third-order valence-corrected chi connectivity index (χ3v) is 7.09. The van der Waals surface area contributed by atoms with E-state index in [-0.39, 0.29) is 10.8 Å². The predicted octanol–water partition coefficient (Wildman–Crippen LogP) is 4.09. The quantitative estimate of drug-likeness (QED) is 0.594. The minimum Gasteiger partial charge on any atom is -0.479 e. The molecule has 30 heavy (non-hydrogen) atoms. The Morgan fingerprint density at radius 2 is 2.00 bits per heavy atom. The molecule has 1 N–H and O–H groups in total. The van der Waals surface area contributed by atoms with Crippen LogP contribution in [0.25, 0.3) is 0 Å². The molecule has 1 atom stereocenters. The zero-order valence-electron chi connectivity index (χ0n) is 15.9. The van der Waals surface area contributed by atoms with Gasteiger partial charge >= 0.3 is 0 Å². The molecular formula is C20H18ClN3O4S2. The van der Waals surface area contributed by atoms with Gasteiger partial charge < -0.3 is 9.64 Å². The van der Waals surface area contributed by atoms with Crippen molar-refractivity contribution in [1.82, 2.24) is 4.98 Å². The van der Waals surface area contributed by atoms with Crippen LogP contribution in [0.3, 0.4) is 0 Å². The van der Waals surface area contributed by atoms with Gasteiger partial charge in [0.2, 0.25) is 0 Å². The lowest BCUT2D eigenvalue weighted by molar-refractivity contribution is -0.122. The fourth-order valence-corrected chi connectivity index (χ4v) is 5.20.